The maximum Gasteiger partial charge on any atom is 0.209 e. The molecule has 0 aromatic rings. The van der Waals surface area contributed by atoms with Gasteiger partial charge in [0, 0.05) is 14.2 Å². The predicted octanol–water partition coefficient (Wildman–Crippen LogP) is -0.180. The average molecular weight is 133 g/mol. The molecule has 0 aliphatic rings. The van der Waals surface area contributed by atoms with Gasteiger partial charge in [0.2, 0.25) is 6.41 Å². The van der Waals surface area contributed by atoms with Crippen molar-refractivity contribution in [2.75, 3.05) is 14.2 Å². The van der Waals surface area contributed by atoms with Crippen LogP contribution in [-0.2, 0) is 9.47 Å². The van der Waals surface area contributed by atoms with Crippen LogP contribution in [0.25, 0.3) is 0 Å². The third kappa shape index (κ3) is 3.14. The quantitative estimate of drug-likeness (QED) is 0.426. The molecule has 0 saturated carbocycles. The lowest BCUT2D eigenvalue weighted by atomic mass is 11.1. The summed E-state index contributed by atoms with van der Waals surface area (Å²) in [6, 6.07) is 0. The van der Waals surface area contributed by atoms with Gasteiger partial charge >= 0.3 is 0 Å². The lowest BCUT2D eigenvalue weighted by Gasteiger charge is -2.11. The van der Waals surface area contributed by atoms with Crippen molar-refractivity contribution in [3.63, 3.8) is 0 Å². The summed E-state index contributed by atoms with van der Waals surface area (Å²) in [5.74, 6) is 0. The van der Waals surface area contributed by atoms with Gasteiger partial charge in [0.25, 0.3) is 0 Å². The molecule has 0 aliphatic carbocycles. The third-order valence-electron chi connectivity index (χ3n) is 0.690. The molecule has 0 saturated heterocycles. The first-order valence-corrected chi connectivity index (χ1v) is 3.83. The lowest BCUT2D eigenvalue weighted by Crippen LogP contribution is -2.33. The molecule has 0 heterocycles. The van der Waals surface area contributed by atoms with Crippen molar-refractivity contribution < 1.29 is 9.47 Å². The molecule has 0 aromatic carbocycles. The number of hydrogen-bond donors (Lipinski definition) is 1. The summed E-state index contributed by atoms with van der Waals surface area (Å²) in [4.78, 5) is 2.97. The van der Waals surface area contributed by atoms with Crippen molar-refractivity contribution in [1.82, 2.24) is 4.98 Å². The molecular formula is C4H11NO2Si. The summed E-state index contributed by atoms with van der Waals surface area (Å²) in [6.07, 6.45) is -0.238. The number of methoxy groups -OCH3 is 2. The van der Waals surface area contributed by atoms with E-state index in [-0.39, 0.29) is 6.41 Å². The minimum Gasteiger partial charge on any atom is -0.344 e. The van der Waals surface area contributed by atoms with Crippen LogP contribution in [-0.4, -0.2) is 30.3 Å². The van der Waals surface area contributed by atoms with Crippen LogP contribution >= 0.6 is 0 Å². The van der Waals surface area contributed by atoms with Crippen molar-refractivity contribution in [3.8, 4) is 0 Å². The fourth-order valence-corrected chi connectivity index (χ4v) is 0.803. The molecule has 0 spiro atoms. The highest BCUT2D eigenvalue weighted by Crippen LogP contribution is 1.80. The molecule has 0 amide bonds. The molecule has 0 unspecified atom stereocenters. The van der Waals surface area contributed by atoms with E-state index >= 15 is 0 Å². The minimum absolute atomic E-state index is 0.238. The van der Waals surface area contributed by atoms with E-state index in [9.17, 15) is 0 Å². The standard InChI is InChI=1S/C4H11NO2Si/c1-6-4(7-2)5-8-3/h4-5H,1-3H3. The van der Waals surface area contributed by atoms with Crippen molar-refractivity contribution >= 4 is 9.68 Å². The van der Waals surface area contributed by atoms with Crippen LogP contribution in [0, 0.1) is 0 Å². The van der Waals surface area contributed by atoms with Crippen molar-refractivity contribution in [3.05, 3.63) is 0 Å². The smallest absolute Gasteiger partial charge is 0.209 e. The van der Waals surface area contributed by atoms with E-state index in [0.29, 0.717) is 9.68 Å². The summed E-state index contributed by atoms with van der Waals surface area (Å²) < 4.78 is 9.63. The number of hydrogen-bond acceptors (Lipinski definition) is 3. The van der Waals surface area contributed by atoms with Crippen molar-refractivity contribution in [1.29, 1.82) is 0 Å². The van der Waals surface area contributed by atoms with E-state index in [1.807, 2.05) is 6.55 Å². The van der Waals surface area contributed by atoms with Gasteiger partial charge in [-0.15, -0.1) is 0 Å². The van der Waals surface area contributed by atoms with E-state index in [0.717, 1.165) is 0 Å². The number of rotatable bonds is 4. The van der Waals surface area contributed by atoms with Crippen LogP contribution in [0.15, 0.2) is 0 Å². The lowest BCUT2D eigenvalue weighted by molar-refractivity contribution is -0.109. The van der Waals surface area contributed by atoms with E-state index in [1.165, 1.54) is 0 Å². The van der Waals surface area contributed by atoms with E-state index in [4.69, 9.17) is 9.47 Å². The van der Waals surface area contributed by atoms with Crippen LogP contribution in [0.1, 0.15) is 0 Å². The summed E-state index contributed by atoms with van der Waals surface area (Å²) in [7, 11) is 3.85. The van der Waals surface area contributed by atoms with Gasteiger partial charge in [-0.2, -0.15) is 0 Å². The Bertz CT molecular complexity index is 49.3. The van der Waals surface area contributed by atoms with Crippen LogP contribution in [0.3, 0.4) is 0 Å². The minimum atomic E-state index is -0.238. The predicted molar refractivity (Wildman–Crippen MR) is 32.6 cm³/mol. The zero-order valence-corrected chi connectivity index (χ0v) is 6.39. The summed E-state index contributed by atoms with van der Waals surface area (Å²) in [6.45, 7) is 2.02. The summed E-state index contributed by atoms with van der Waals surface area (Å²) in [5, 5.41) is 0. The molecule has 8 heavy (non-hydrogen) atoms. The van der Waals surface area contributed by atoms with Crippen LogP contribution in [0.5, 0.6) is 0 Å². The Morgan fingerprint density at radius 2 is 1.88 bits per heavy atom. The van der Waals surface area contributed by atoms with Crippen LogP contribution in [0.4, 0.5) is 0 Å². The van der Waals surface area contributed by atoms with Gasteiger partial charge in [-0.3, -0.25) is 4.98 Å². The van der Waals surface area contributed by atoms with Gasteiger partial charge < -0.3 is 9.47 Å². The molecule has 1 N–H and O–H groups in total. The topological polar surface area (TPSA) is 30.5 Å². The van der Waals surface area contributed by atoms with Crippen LogP contribution < -0.4 is 4.98 Å². The first-order valence-electron chi connectivity index (χ1n) is 2.33. The molecule has 0 fully saturated rings. The second-order valence-corrected chi connectivity index (χ2v) is 1.99. The Labute approximate surface area is 52.3 Å². The summed E-state index contributed by atoms with van der Waals surface area (Å²) >= 11 is 0. The molecule has 0 bridgehead atoms. The summed E-state index contributed by atoms with van der Waals surface area (Å²) in [5.41, 5.74) is 0. The zero-order chi connectivity index (χ0) is 6.41. The van der Waals surface area contributed by atoms with Gasteiger partial charge in [0.05, 0.1) is 0 Å². The first-order chi connectivity index (χ1) is 3.85. The molecule has 4 heteroatoms. The molecule has 48 valence electrons. The SMILES string of the molecule is COC(N[Si]C)OC. The molecule has 0 aliphatic heterocycles. The Kier molecular flexibility index (Phi) is 5.30. The molecular weight excluding hydrogens is 122 g/mol. The number of ether oxygens (including phenoxy) is 2. The molecule has 2 radical (unpaired) electrons. The molecule has 0 rings (SSSR count). The Morgan fingerprint density at radius 1 is 1.38 bits per heavy atom. The van der Waals surface area contributed by atoms with E-state index in [1.54, 1.807) is 14.2 Å². The molecule has 0 atom stereocenters. The second kappa shape index (κ2) is 5.24. The van der Waals surface area contributed by atoms with Crippen LogP contribution in [0.2, 0.25) is 6.55 Å². The maximum absolute atomic E-state index is 4.81. The Hall–Kier alpha value is 0.0969. The largest absolute Gasteiger partial charge is 0.344 e. The fourth-order valence-electron chi connectivity index (χ4n) is 0.332. The van der Waals surface area contributed by atoms with Gasteiger partial charge in [-0.05, 0) is 0 Å². The second-order valence-electron chi connectivity index (χ2n) is 1.20. The highest BCUT2D eigenvalue weighted by Gasteiger charge is 1.98. The van der Waals surface area contributed by atoms with Gasteiger partial charge in [-0.1, -0.05) is 6.55 Å². The normalized spacial score (nSPS) is 10.5. The Morgan fingerprint density at radius 3 is 2.00 bits per heavy atom. The first kappa shape index (κ1) is 8.10. The highest BCUT2D eigenvalue weighted by molar-refractivity contribution is 6.29. The average Bonchev–Trinajstić information content (AvgIpc) is 1.83. The molecule has 3 nitrogen and oxygen atoms in total. The fraction of sp³-hybridized carbons (Fsp3) is 1.00. The Balaban J connectivity index is 3.07. The molecule has 0 aromatic heterocycles. The zero-order valence-electron chi connectivity index (χ0n) is 5.39. The van der Waals surface area contributed by atoms with Gasteiger partial charge in [-0.25, -0.2) is 0 Å². The maximum atomic E-state index is 4.81. The van der Waals surface area contributed by atoms with Gasteiger partial charge in [0.15, 0.2) is 0 Å². The van der Waals surface area contributed by atoms with E-state index in [2.05, 4.69) is 4.98 Å². The van der Waals surface area contributed by atoms with Gasteiger partial charge in [0.1, 0.15) is 9.68 Å². The number of nitrogens with one attached hydrogen (secondary N) is 1. The van der Waals surface area contributed by atoms with E-state index < -0.39 is 0 Å². The monoisotopic (exact) mass is 133 g/mol. The third-order valence-corrected chi connectivity index (χ3v) is 1.21. The highest BCUT2D eigenvalue weighted by atomic mass is 28.2. The van der Waals surface area contributed by atoms with Crippen molar-refractivity contribution in [2.24, 2.45) is 0 Å². The van der Waals surface area contributed by atoms with Crippen molar-refractivity contribution in [2.45, 2.75) is 13.0 Å².